The Morgan fingerprint density at radius 2 is 2.26 bits per heavy atom. The number of ether oxygens (including phenoxy) is 1. The van der Waals surface area contributed by atoms with Crippen LogP contribution in [0.2, 0.25) is 0 Å². The Morgan fingerprint density at radius 1 is 1.47 bits per heavy atom. The lowest BCUT2D eigenvalue weighted by Gasteiger charge is -2.03. The fraction of sp³-hybridized carbons (Fsp3) is 0.143. The number of hydrogen-bond donors (Lipinski definition) is 1. The summed E-state index contributed by atoms with van der Waals surface area (Å²) in [5.74, 6) is -0.396. The van der Waals surface area contributed by atoms with Crippen LogP contribution in [-0.4, -0.2) is 5.97 Å². The van der Waals surface area contributed by atoms with Gasteiger partial charge in [-0.15, -0.1) is 11.3 Å². The molecule has 1 aromatic heterocycles. The zero-order valence-electron chi connectivity index (χ0n) is 10.3. The zero-order chi connectivity index (χ0) is 13.8. The molecule has 2 N–H and O–H groups in total. The molecule has 0 aliphatic carbocycles. The van der Waals surface area contributed by atoms with Crippen LogP contribution in [-0.2, 0) is 11.3 Å². The Hall–Kier alpha value is -2.32. The standard InChI is InChI=1S/C14H12N2O2S/c1-9-12(16)6-13(19-9)14(17)18-8-11-4-2-3-10(5-11)7-15/h2-6H,8,16H2,1H3. The summed E-state index contributed by atoms with van der Waals surface area (Å²) in [6.07, 6.45) is 0. The Morgan fingerprint density at radius 3 is 2.89 bits per heavy atom. The third kappa shape index (κ3) is 3.12. The van der Waals surface area contributed by atoms with Crippen molar-refractivity contribution in [3.8, 4) is 6.07 Å². The minimum Gasteiger partial charge on any atom is -0.457 e. The molecule has 0 unspecified atom stereocenters. The van der Waals surface area contributed by atoms with Gasteiger partial charge in [-0.2, -0.15) is 5.26 Å². The van der Waals surface area contributed by atoms with Crippen molar-refractivity contribution < 1.29 is 9.53 Å². The van der Waals surface area contributed by atoms with Crippen LogP contribution in [0.15, 0.2) is 30.3 Å². The molecule has 0 radical (unpaired) electrons. The molecule has 96 valence electrons. The normalized spacial score (nSPS) is 9.89. The number of carbonyl (C=O) groups is 1. The molecule has 0 fully saturated rings. The summed E-state index contributed by atoms with van der Waals surface area (Å²) in [5, 5.41) is 8.78. The average molecular weight is 272 g/mol. The number of aryl methyl sites for hydroxylation is 1. The van der Waals surface area contributed by atoms with Gasteiger partial charge in [0.25, 0.3) is 0 Å². The SMILES string of the molecule is Cc1sc(C(=O)OCc2cccc(C#N)c2)cc1N. The molecule has 0 atom stereocenters. The maximum Gasteiger partial charge on any atom is 0.348 e. The van der Waals surface area contributed by atoms with Crippen LogP contribution in [0.3, 0.4) is 0 Å². The van der Waals surface area contributed by atoms with Crippen LogP contribution in [0.25, 0.3) is 0 Å². The fourth-order valence-electron chi connectivity index (χ4n) is 1.55. The molecule has 19 heavy (non-hydrogen) atoms. The quantitative estimate of drug-likeness (QED) is 0.872. The Balaban J connectivity index is 2.02. The smallest absolute Gasteiger partial charge is 0.348 e. The van der Waals surface area contributed by atoms with E-state index in [9.17, 15) is 4.79 Å². The summed E-state index contributed by atoms with van der Waals surface area (Å²) in [6.45, 7) is 2.00. The number of nitrogens with zero attached hydrogens (tertiary/aromatic N) is 1. The van der Waals surface area contributed by atoms with E-state index in [-0.39, 0.29) is 6.61 Å². The molecule has 0 amide bonds. The van der Waals surface area contributed by atoms with Crippen molar-refractivity contribution >= 4 is 23.0 Å². The van der Waals surface area contributed by atoms with Crippen LogP contribution < -0.4 is 5.73 Å². The van der Waals surface area contributed by atoms with Crippen molar-refractivity contribution in [2.24, 2.45) is 0 Å². The maximum absolute atomic E-state index is 11.8. The number of benzene rings is 1. The molecule has 1 heterocycles. The number of rotatable bonds is 3. The number of carbonyl (C=O) groups excluding carboxylic acids is 1. The molecule has 4 nitrogen and oxygen atoms in total. The lowest BCUT2D eigenvalue weighted by atomic mass is 10.1. The van der Waals surface area contributed by atoms with Crippen LogP contribution in [0.5, 0.6) is 0 Å². The monoisotopic (exact) mass is 272 g/mol. The van der Waals surface area contributed by atoms with Gasteiger partial charge in [0.15, 0.2) is 0 Å². The molecular weight excluding hydrogens is 260 g/mol. The highest BCUT2D eigenvalue weighted by atomic mass is 32.1. The summed E-state index contributed by atoms with van der Waals surface area (Å²) in [6, 6.07) is 10.6. The molecule has 5 heteroatoms. The first-order chi connectivity index (χ1) is 9.10. The van der Waals surface area contributed by atoms with Gasteiger partial charge in [0.05, 0.1) is 11.6 Å². The van der Waals surface area contributed by atoms with E-state index < -0.39 is 5.97 Å². The van der Waals surface area contributed by atoms with Crippen molar-refractivity contribution in [3.05, 3.63) is 51.2 Å². The summed E-state index contributed by atoms with van der Waals surface area (Å²) in [4.78, 5) is 13.2. The molecule has 2 aromatic rings. The second-order valence-electron chi connectivity index (χ2n) is 4.01. The maximum atomic E-state index is 11.8. The number of hydrogen-bond acceptors (Lipinski definition) is 5. The van der Waals surface area contributed by atoms with E-state index >= 15 is 0 Å². The first kappa shape index (κ1) is 13.1. The Labute approximate surface area is 115 Å². The van der Waals surface area contributed by atoms with E-state index in [1.54, 1.807) is 24.3 Å². The van der Waals surface area contributed by atoms with E-state index in [2.05, 4.69) is 0 Å². The molecule has 2 rings (SSSR count). The minimum atomic E-state index is -0.396. The first-order valence-corrected chi connectivity index (χ1v) is 6.44. The van der Waals surface area contributed by atoms with E-state index in [4.69, 9.17) is 15.7 Å². The molecular formula is C14H12N2O2S. The van der Waals surface area contributed by atoms with E-state index in [1.807, 2.05) is 19.1 Å². The van der Waals surface area contributed by atoms with Gasteiger partial charge in [-0.05, 0) is 30.7 Å². The fourth-order valence-corrected chi connectivity index (χ4v) is 2.38. The van der Waals surface area contributed by atoms with Crippen molar-refractivity contribution in [3.63, 3.8) is 0 Å². The second-order valence-corrected chi connectivity index (χ2v) is 5.27. The highest BCUT2D eigenvalue weighted by molar-refractivity contribution is 7.14. The first-order valence-electron chi connectivity index (χ1n) is 5.62. The zero-order valence-corrected chi connectivity index (χ0v) is 11.2. The van der Waals surface area contributed by atoms with Crippen molar-refractivity contribution in [2.75, 3.05) is 5.73 Å². The van der Waals surface area contributed by atoms with Crippen LogP contribution in [0, 0.1) is 18.3 Å². The largest absolute Gasteiger partial charge is 0.457 e. The third-order valence-corrected chi connectivity index (χ3v) is 3.63. The molecule has 0 aliphatic rings. The molecule has 1 aromatic carbocycles. The molecule has 0 aliphatic heterocycles. The molecule has 0 saturated heterocycles. The van der Waals surface area contributed by atoms with Crippen LogP contribution in [0.4, 0.5) is 5.69 Å². The predicted octanol–water partition coefficient (Wildman–Crippen LogP) is 2.87. The van der Waals surface area contributed by atoms with Gasteiger partial charge in [-0.25, -0.2) is 4.79 Å². The highest BCUT2D eigenvalue weighted by Gasteiger charge is 2.12. The number of nitrogens with two attached hydrogens (primary N) is 1. The Bertz CT molecular complexity index is 636. The number of anilines is 1. The summed E-state index contributed by atoms with van der Waals surface area (Å²) in [5.41, 5.74) is 7.62. The summed E-state index contributed by atoms with van der Waals surface area (Å²) < 4.78 is 5.19. The predicted molar refractivity (Wildman–Crippen MR) is 73.7 cm³/mol. The topological polar surface area (TPSA) is 76.1 Å². The molecule has 0 spiro atoms. The van der Waals surface area contributed by atoms with Crippen LogP contribution in [0.1, 0.15) is 25.7 Å². The van der Waals surface area contributed by atoms with Gasteiger partial charge in [0.1, 0.15) is 11.5 Å². The number of nitrogen functional groups attached to an aromatic ring is 1. The van der Waals surface area contributed by atoms with Crippen molar-refractivity contribution in [2.45, 2.75) is 13.5 Å². The van der Waals surface area contributed by atoms with Crippen molar-refractivity contribution in [1.82, 2.24) is 0 Å². The molecule has 0 saturated carbocycles. The lowest BCUT2D eigenvalue weighted by Crippen LogP contribution is -2.03. The van der Waals surface area contributed by atoms with Gasteiger partial charge >= 0.3 is 5.97 Å². The third-order valence-electron chi connectivity index (χ3n) is 2.58. The minimum absolute atomic E-state index is 0.144. The van der Waals surface area contributed by atoms with Gasteiger partial charge in [0, 0.05) is 10.6 Å². The number of esters is 1. The van der Waals surface area contributed by atoms with Gasteiger partial charge in [0.2, 0.25) is 0 Å². The van der Waals surface area contributed by atoms with Gasteiger partial charge in [-0.1, -0.05) is 12.1 Å². The lowest BCUT2D eigenvalue weighted by molar-refractivity contribution is 0.0478. The summed E-state index contributed by atoms with van der Waals surface area (Å²) >= 11 is 1.31. The number of thiophene rings is 1. The molecule has 0 bridgehead atoms. The second kappa shape index (κ2) is 5.55. The average Bonchev–Trinajstić information content (AvgIpc) is 2.76. The Kier molecular flexibility index (Phi) is 3.83. The van der Waals surface area contributed by atoms with Crippen LogP contribution >= 0.6 is 11.3 Å². The van der Waals surface area contributed by atoms with E-state index in [1.165, 1.54) is 11.3 Å². The van der Waals surface area contributed by atoms with E-state index in [0.717, 1.165) is 10.4 Å². The highest BCUT2D eigenvalue weighted by Crippen LogP contribution is 2.24. The van der Waals surface area contributed by atoms with Crippen molar-refractivity contribution in [1.29, 1.82) is 5.26 Å². The van der Waals surface area contributed by atoms with Gasteiger partial charge in [-0.3, -0.25) is 0 Å². The number of nitriles is 1. The van der Waals surface area contributed by atoms with E-state index in [0.29, 0.717) is 16.1 Å². The van der Waals surface area contributed by atoms with Gasteiger partial charge < -0.3 is 10.5 Å². The summed E-state index contributed by atoms with van der Waals surface area (Å²) in [7, 11) is 0.